The number of pyridine rings is 1. The van der Waals surface area contributed by atoms with E-state index < -0.39 is 47.0 Å². The average Bonchev–Trinajstić information content (AvgIpc) is 3.98. The number of benzene rings is 4. The van der Waals surface area contributed by atoms with E-state index in [4.69, 9.17) is 9.72 Å². The van der Waals surface area contributed by atoms with Crippen molar-refractivity contribution in [2.75, 3.05) is 48.3 Å². The SMILES string of the molecule is Cc1c(OCC2CC3(CCN(CC(=O)Nc4ccc5c(C6CCC(=O)NC6=O)nn(C)c5c4C(F)(F)F)CC3)C2)cccc1-c1ccc(N2CCc3cccc(C(=O)Nc4nc5ccccc5s4)c3C2)nc1C(=O)O. The van der Waals surface area contributed by atoms with E-state index in [0.717, 1.165) is 57.3 Å². The average molecular weight is 1040 g/mol. The Morgan fingerprint density at radius 2 is 1.69 bits per heavy atom. The fraction of sp³-hybridized carbons (Fsp3) is 0.345. The van der Waals surface area contributed by atoms with Crippen molar-refractivity contribution in [1.82, 2.24) is 30.0 Å². The highest BCUT2D eigenvalue weighted by molar-refractivity contribution is 7.22. The van der Waals surface area contributed by atoms with Gasteiger partial charge in [0.1, 0.15) is 17.1 Å². The highest BCUT2D eigenvalue weighted by atomic mass is 32.1. The number of amides is 4. The van der Waals surface area contributed by atoms with Crippen LogP contribution < -0.4 is 25.6 Å². The van der Waals surface area contributed by atoms with Crippen molar-refractivity contribution in [1.29, 1.82) is 0 Å². The molecule has 20 heteroatoms. The largest absolute Gasteiger partial charge is 0.493 e. The second-order valence-electron chi connectivity index (χ2n) is 20.2. The van der Waals surface area contributed by atoms with Crippen molar-refractivity contribution in [2.45, 2.75) is 70.5 Å². The molecule has 4 aliphatic rings. The minimum Gasteiger partial charge on any atom is -0.493 e. The summed E-state index contributed by atoms with van der Waals surface area (Å²) in [6, 6.07) is 25.2. The molecule has 11 rings (SSSR count). The Hall–Kier alpha value is -7.71. The molecule has 3 aromatic heterocycles. The molecule has 386 valence electrons. The molecule has 4 aromatic carbocycles. The predicted octanol–water partition coefficient (Wildman–Crippen LogP) is 9.12. The van der Waals surface area contributed by atoms with Crippen molar-refractivity contribution in [3.63, 3.8) is 0 Å². The molecule has 75 heavy (non-hydrogen) atoms. The molecule has 4 N–H and O–H groups in total. The first-order valence-electron chi connectivity index (χ1n) is 24.9. The number of para-hydroxylation sites is 1. The number of aromatic carboxylic acids is 1. The van der Waals surface area contributed by atoms with Gasteiger partial charge < -0.3 is 20.1 Å². The summed E-state index contributed by atoms with van der Waals surface area (Å²) < 4.78 is 52.6. The third kappa shape index (κ3) is 9.67. The minimum atomic E-state index is -4.85. The maximum absolute atomic E-state index is 14.7. The van der Waals surface area contributed by atoms with Gasteiger partial charge in [0, 0.05) is 43.1 Å². The molecule has 4 amide bonds. The number of nitrogens with one attached hydrogen (secondary N) is 3. The lowest BCUT2D eigenvalue weighted by atomic mass is 9.58. The Kier molecular flexibility index (Phi) is 12.9. The number of piperidine rings is 2. The summed E-state index contributed by atoms with van der Waals surface area (Å²) in [6.07, 6.45) is -0.522. The lowest BCUT2D eigenvalue weighted by Gasteiger charge is -2.52. The monoisotopic (exact) mass is 1040 g/mol. The zero-order valence-electron chi connectivity index (χ0n) is 41.1. The van der Waals surface area contributed by atoms with E-state index in [1.165, 1.54) is 30.5 Å². The summed E-state index contributed by atoms with van der Waals surface area (Å²) in [5, 5.41) is 23.1. The molecule has 1 saturated carbocycles. The zero-order valence-corrected chi connectivity index (χ0v) is 41.9. The van der Waals surface area contributed by atoms with Crippen molar-refractivity contribution >= 4 is 78.7 Å². The van der Waals surface area contributed by atoms with Crippen LogP contribution in [0.4, 0.5) is 29.8 Å². The molecular formula is C55H52F3N9O7S. The van der Waals surface area contributed by atoms with Crippen LogP contribution in [-0.2, 0) is 40.6 Å². The van der Waals surface area contributed by atoms with Crippen LogP contribution in [0.1, 0.15) is 93.2 Å². The van der Waals surface area contributed by atoms with Crippen molar-refractivity contribution < 1.29 is 47.0 Å². The molecule has 1 spiro atoms. The number of carboxylic acids is 1. The summed E-state index contributed by atoms with van der Waals surface area (Å²) in [4.78, 5) is 77.4. The number of nitrogens with zero attached hydrogens (tertiary/aromatic N) is 6. The number of fused-ring (bicyclic) bond motifs is 3. The standard InChI is InChI=1S/C55H52F3N9O7S/c1-30-33(34-14-17-43(61-48(34)52(72)73)67-22-19-32-7-5-9-35(38(32)27-67)50(70)63-53-60-39-10-3-4-12-42(39)75-53)8-6-11-41(30)74-29-31-25-54(26-31)20-23-66(24-21-54)28-45(69)59-40-16-13-36-47(37-15-18-44(68)62-51(37)71)64-65(2)49(36)46(40)55(56,57)58/h3-14,16-17,31,37H,15,18-29H2,1-2H3,(H,59,69)(H,72,73)(H,60,63,70)(H,62,68,71). The van der Waals surface area contributed by atoms with E-state index in [1.54, 1.807) is 12.1 Å². The van der Waals surface area contributed by atoms with Gasteiger partial charge in [0.05, 0.1) is 46.2 Å². The molecule has 3 fully saturated rings. The van der Waals surface area contributed by atoms with Crippen LogP contribution in [0.2, 0.25) is 0 Å². The van der Waals surface area contributed by atoms with Crippen molar-refractivity contribution in [3.05, 3.63) is 124 Å². The van der Waals surface area contributed by atoms with E-state index in [0.29, 0.717) is 72.6 Å². The van der Waals surface area contributed by atoms with Crippen LogP contribution in [0.5, 0.6) is 5.75 Å². The first-order chi connectivity index (χ1) is 36.0. The molecule has 3 aliphatic heterocycles. The van der Waals surface area contributed by atoms with Gasteiger partial charge in [0.2, 0.25) is 17.7 Å². The van der Waals surface area contributed by atoms with E-state index in [2.05, 4.69) is 26.0 Å². The third-order valence-electron chi connectivity index (χ3n) is 15.4. The quantitative estimate of drug-likeness (QED) is 0.0848. The summed E-state index contributed by atoms with van der Waals surface area (Å²) in [5.41, 5.74) is 3.59. The number of aromatic nitrogens is 4. The van der Waals surface area contributed by atoms with E-state index in [9.17, 15) is 42.3 Å². The van der Waals surface area contributed by atoms with E-state index >= 15 is 0 Å². The number of thiazole rings is 1. The predicted molar refractivity (Wildman–Crippen MR) is 276 cm³/mol. The molecule has 6 heterocycles. The van der Waals surface area contributed by atoms with Gasteiger partial charge in [-0.2, -0.15) is 18.3 Å². The lowest BCUT2D eigenvalue weighted by Crippen LogP contribution is -2.49. The van der Waals surface area contributed by atoms with Gasteiger partial charge in [-0.1, -0.05) is 47.7 Å². The number of likely N-dealkylation sites (tertiary alicyclic amines) is 1. The van der Waals surface area contributed by atoms with Gasteiger partial charge in [0.15, 0.2) is 10.8 Å². The number of alkyl halides is 3. The van der Waals surface area contributed by atoms with E-state index in [1.807, 2.05) is 77.4 Å². The number of rotatable bonds is 12. The number of halogens is 3. The van der Waals surface area contributed by atoms with Crippen LogP contribution in [0.3, 0.4) is 0 Å². The van der Waals surface area contributed by atoms with Gasteiger partial charge in [-0.15, -0.1) is 0 Å². The topological polar surface area (TPSA) is 201 Å². The Bertz CT molecular complexity index is 3430. The zero-order chi connectivity index (χ0) is 52.3. The highest BCUT2D eigenvalue weighted by Crippen LogP contribution is 2.53. The fourth-order valence-electron chi connectivity index (χ4n) is 11.6. The molecule has 1 aliphatic carbocycles. The van der Waals surface area contributed by atoms with Gasteiger partial charge in [-0.3, -0.25) is 39.4 Å². The fourth-order valence-corrected chi connectivity index (χ4v) is 12.5. The Morgan fingerprint density at radius 1 is 0.907 bits per heavy atom. The number of carbonyl (C=O) groups is 5. The first kappa shape index (κ1) is 49.5. The normalized spacial score (nSPS) is 17.9. The van der Waals surface area contributed by atoms with Gasteiger partial charge in [-0.05, 0) is 141 Å². The maximum Gasteiger partial charge on any atom is 0.420 e. The number of hydrogen-bond acceptors (Lipinski definition) is 12. The summed E-state index contributed by atoms with van der Waals surface area (Å²) in [5.74, 6) is -2.53. The summed E-state index contributed by atoms with van der Waals surface area (Å²) in [7, 11) is 1.36. The number of carboxylic acid groups (broad SMARTS) is 1. The highest BCUT2D eigenvalue weighted by Gasteiger charge is 2.46. The molecule has 7 aromatic rings. The summed E-state index contributed by atoms with van der Waals surface area (Å²) in [6.45, 7) is 4.46. The lowest BCUT2D eigenvalue weighted by molar-refractivity contribution is -0.136. The number of aryl methyl sites for hydroxylation is 1. The molecule has 2 saturated heterocycles. The van der Waals surface area contributed by atoms with Gasteiger partial charge >= 0.3 is 12.1 Å². The van der Waals surface area contributed by atoms with Crippen LogP contribution in [-0.4, -0.2) is 92.1 Å². The summed E-state index contributed by atoms with van der Waals surface area (Å²) >= 11 is 1.41. The Labute approximate surface area is 432 Å². The maximum atomic E-state index is 14.7. The molecule has 1 atom stereocenters. The second kappa shape index (κ2) is 19.5. The third-order valence-corrected chi connectivity index (χ3v) is 16.3. The van der Waals surface area contributed by atoms with Gasteiger partial charge in [-0.25, -0.2) is 14.8 Å². The van der Waals surface area contributed by atoms with E-state index in [-0.39, 0.29) is 58.9 Å². The van der Waals surface area contributed by atoms with Crippen LogP contribution in [0.15, 0.2) is 84.9 Å². The molecule has 1 unspecified atom stereocenters. The van der Waals surface area contributed by atoms with Crippen LogP contribution in [0, 0.1) is 18.3 Å². The number of ether oxygens (including phenoxy) is 1. The second-order valence-corrected chi connectivity index (χ2v) is 21.2. The number of imide groups is 1. The Morgan fingerprint density at radius 3 is 2.45 bits per heavy atom. The van der Waals surface area contributed by atoms with Crippen molar-refractivity contribution in [3.8, 4) is 16.9 Å². The molecule has 16 nitrogen and oxygen atoms in total. The number of hydrogen-bond donors (Lipinski definition) is 4. The molecular weight excluding hydrogens is 988 g/mol. The first-order valence-corrected chi connectivity index (χ1v) is 25.7. The smallest absolute Gasteiger partial charge is 0.420 e. The molecule has 0 radical (unpaired) electrons. The molecule has 0 bridgehead atoms. The number of anilines is 3. The van der Waals surface area contributed by atoms with Crippen LogP contribution in [0.25, 0.3) is 32.2 Å². The van der Waals surface area contributed by atoms with Crippen molar-refractivity contribution in [2.24, 2.45) is 18.4 Å². The minimum absolute atomic E-state index is 0.0466. The number of carbonyl (C=O) groups excluding carboxylic acids is 4. The van der Waals surface area contributed by atoms with Gasteiger partial charge in [0.25, 0.3) is 5.91 Å². The van der Waals surface area contributed by atoms with Crippen LogP contribution >= 0.6 is 11.3 Å². The Balaban J connectivity index is 0.694.